The first-order chi connectivity index (χ1) is 11.5. The average molecular weight is 409 g/mol. The molecule has 128 valence electrons. The first kappa shape index (κ1) is 18.9. The standard InChI is InChI=1S/C19H22BrFN2S/c1-13(2)15-7-5-14(6-8-15)4-3-11-22-19(24)23-18-10-9-16(20)12-17(18)21/h5-10,12-13H,3-4,11H2,1-2H3,(H2,22,23,24). The van der Waals surface area contributed by atoms with Crippen molar-refractivity contribution in [2.75, 3.05) is 11.9 Å². The molecule has 0 unspecified atom stereocenters. The van der Waals surface area contributed by atoms with Crippen molar-refractivity contribution in [3.05, 3.63) is 63.9 Å². The first-order valence-corrected chi connectivity index (χ1v) is 9.24. The maximum atomic E-state index is 13.7. The van der Waals surface area contributed by atoms with E-state index in [0.29, 0.717) is 21.2 Å². The van der Waals surface area contributed by atoms with Crippen LogP contribution < -0.4 is 10.6 Å². The van der Waals surface area contributed by atoms with Crippen LogP contribution in [0.15, 0.2) is 46.9 Å². The van der Waals surface area contributed by atoms with Crippen molar-refractivity contribution in [2.45, 2.75) is 32.6 Å². The van der Waals surface area contributed by atoms with Crippen LogP contribution in [0.1, 0.15) is 37.3 Å². The van der Waals surface area contributed by atoms with Crippen LogP contribution in [0.3, 0.4) is 0 Å². The number of anilines is 1. The van der Waals surface area contributed by atoms with Gasteiger partial charge in [0.15, 0.2) is 5.11 Å². The Bertz CT molecular complexity index is 686. The van der Waals surface area contributed by atoms with Gasteiger partial charge in [0.05, 0.1) is 5.69 Å². The number of hydrogen-bond donors (Lipinski definition) is 2. The van der Waals surface area contributed by atoms with Crippen LogP contribution in [0, 0.1) is 5.82 Å². The zero-order chi connectivity index (χ0) is 17.5. The molecule has 0 aliphatic rings. The lowest BCUT2D eigenvalue weighted by Crippen LogP contribution is -2.29. The highest BCUT2D eigenvalue weighted by Gasteiger charge is 2.04. The molecule has 0 saturated heterocycles. The van der Waals surface area contributed by atoms with Gasteiger partial charge in [-0.05, 0) is 60.3 Å². The molecule has 0 heterocycles. The van der Waals surface area contributed by atoms with Gasteiger partial charge >= 0.3 is 0 Å². The Hall–Kier alpha value is -1.46. The summed E-state index contributed by atoms with van der Waals surface area (Å²) >= 11 is 8.44. The van der Waals surface area contributed by atoms with Crippen LogP contribution in [0.25, 0.3) is 0 Å². The maximum absolute atomic E-state index is 13.7. The van der Waals surface area contributed by atoms with Gasteiger partial charge in [-0.3, -0.25) is 0 Å². The summed E-state index contributed by atoms with van der Waals surface area (Å²) in [6.07, 6.45) is 1.95. The van der Waals surface area contributed by atoms with E-state index in [4.69, 9.17) is 12.2 Å². The zero-order valence-corrected chi connectivity index (χ0v) is 16.3. The van der Waals surface area contributed by atoms with Gasteiger partial charge in [0.2, 0.25) is 0 Å². The minimum absolute atomic E-state index is 0.334. The van der Waals surface area contributed by atoms with Crippen molar-refractivity contribution in [1.29, 1.82) is 0 Å². The fraction of sp³-hybridized carbons (Fsp3) is 0.316. The van der Waals surface area contributed by atoms with E-state index in [1.807, 2.05) is 0 Å². The van der Waals surface area contributed by atoms with Gasteiger partial charge < -0.3 is 10.6 Å². The minimum Gasteiger partial charge on any atom is -0.362 e. The SMILES string of the molecule is CC(C)c1ccc(CCCNC(=S)Nc2ccc(Br)cc2F)cc1. The molecule has 0 spiro atoms. The lowest BCUT2D eigenvalue weighted by Gasteiger charge is -2.11. The Morgan fingerprint density at radius 1 is 1.17 bits per heavy atom. The van der Waals surface area contributed by atoms with Crippen LogP contribution in [-0.2, 0) is 6.42 Å². The van der Waals surface area contributed by atoms with E-state index in [-0.39, 0.29) is 5.82 Å². The maximum Gasteiger partial charge on any atom is 0.170 e. The minimum atomic E-state index is -0.334. The number of hydrogen-bond acceptors (Lipinski definition) is 1. The molecular weight excluding hydrogens is 387 g/mol. The van der Waals surface area contributed by atoms with Gasteiger partial charge in [-0.1, -0.05) is 54.0 Å². The lowest BCUT2D eigenvalue weighted by atomic mass is 10.0. The second-order valence-corrected chi connectivity index (χ2v) is 7.33. The van der Waals surface area contributed by atoms with Crippen LogP contribution >= 0.6 is 28.1 Å². The molecule has 2 aromatic carbocycles. The molecule has 2 rings (SSSR count). The van der Waals surface area contributed by atoms with Crippen molar-refractivity contribution < 1.29 is 4.39 Å². The smallest absolute Gasteiger partial charge is 0.170 e. The molecule has 0 saturated carbocycles. The van der Waals surface area contributed by atoms with E-state index < -0.39 is 0 Å². The quantitative estimate of drug-likeness (QED) is 0.478. The Labute approximate surface area is 157 Å². The molecule has 0 bridgehead atoms. The Morgan fingerprint density at radius 3 is 2.50 bits per heavy atom. The van der Waals surface area contributed by atoms with Gasteiger partial charge in [-0.25, -0.2) is 4.39 Å². The lowest BCUT2D eigenvalue weighted by molar-refractivity contribution is 0.631. The van der Waals surface area contributed by atoms with E-state index >= 15 is 0 Å². The normalized spacial score (nSPS) is 10.7. The van der Waals surface area contributed by atoms with Gasteiger partial charge in [-0.2, -0.15) is 0 Å². The van der Waals surface area contributed by atoms with E-state index in [1.165, 1.54) is 17.2 Å². The summed E-state index contributed by atoms with van der Waals surface area (Å²) in [4.78, 5) is 0. The molecule has 0 atom stereocenters. The molecule has 0 aromatic heterocycles. The van der Waals surface area contributed by atoms with Crippen molar-refractivity contribution in [3.8, 4) is 0 Å². The number of halogens is 2. The van der Waals surface area contributed by atoms with Gasteiger partial charge in [-0.15, -0.1) is 0 Å². The van der Waals surface area contributed by atoms with Gasteiger partial charge in [0.1, 0.15) is 5.82 Å². The Morgan fingerprint density at radius 2 is 1.88 bits per heavy atom. The molecule has 24 heavy (non-hydrogen) atoms. The molecule has 2 aromatic rings. The number of aryl methyl sites for hydroxylation is 1. The van der Waals surface area contributed by atoms with E-state index in [1.54, 1.807) is 12.1 Å². The van der Waals surface area contributed by atoms with Gasteiger partial charge in [0.25, 0.3) is 0 Å². The molecule has 0 aliphatic heterocycles. The molecule has 2 nitrogen and oxygen atoms in total. The summed E-state index contributed by atoms with van der Waals surface area (Å²) < 4.78 is 14.4. The number of nitrogens with one attached hydrogen (secondary N) is 2. The topological polar surface area (TPSA) is 24.1 Å². The van der Waals surface area contributed by atoms with Crippen molar-refractivity contribution in [1.82, 2.24) is 5.32 Å². The highest BCUT2D eigenvalue weighted by atomic mass is 79.9. The fourth-order valence-corrected chi connectivity index (χ4v) is 2.87. The average Bonchev–Trinajstić information content (AvgIpc) is 2.55. The highest BCUT2D eigenvalue weighted by Crippen LogP contribution is 2.19. The van der Waals surface area contributed by atoms with E-state index in [2.05, 4.69) is 64.7 Å². The third-order valence-electron chi connectivity index (χ3n) is 3.75. The van der Waals surface area contributed by atoms with Crippen molar-refractivity contribution in [3.63, 3.8) is 0 Å². The molecule has 0 aliphatic carbocycles. The molecular formula is C19H22BrFN2S. The molecule has 0 amide bonds. The monoisotopic (exact) mass is 408 g/mol. The zero-order valence-electron chi connectivity index (χ0n) is 13.9. The fourth-order valence-electron chi connectivity index (χ4n) is 2.32. The summed E-state index contributed by atoms with van der Waals surface area (Å²) in [5, 5.41) is 6.43. The van der Waals surface area contributed by atoms with Crippen molar-refractivity contribution >= 4 is 38.9 Å². The largest absolute Gasteiger partial charge is 0.362 e. The summed E-state index contributed by atoms with van der Waals surface area (Å²) in [7, 11) is 0. The van der Waals surface area contributed by atoms with Crippen LogP contribution in [-0.4, -0.2) is 11.7 Å². The first-order valence-electron chi connectivity index (χ1n) is 8.04. The number of thiocarbonyl (C=S) groups is 1. The summed E-state index contributed by atoms with van der Waals surface area (Å²) in [5.74, 6) is 0.224. The van der Waals surface area contributed by atoms with E-state index in [0.717, 1.165) is 19.4 Å². The Balaban J connectivity index is 1.72. The van der Waals surface area contributed by atoms with Crippen LogP contribution in [0.2, 0.25) is 0 Å². The number of rotatable bonds is 6. The van der Waals surface area contributed by atoms with Crippen LogP contribution in [0.5, 0.6) is 0 Å². The summed E-state index contributed by atoms with van der Waals surface area (Å²) in [5.41, 5.74) is 3.05. The van der Waals surface area contributed by atoms with Crippen LogP contribution in [0.4, 0.5) is 10.1 Å². The molecule has 0 fully saturated rings. The van der Waals surface area contributed by atoms with E-state index in [9.17, 15) is 4.39 Å². The predicted molar refractivity (Wildman–Crippen MR) is 107 cm³/mol. The predicted octanol–water partition coefficient (Wildman–Crippen LogP) is 5.63. The molecule has 2 N–H and O–H groups in total. The van der Waals surface area contributed by atoms with Gasteiger partial charge in [0, 0.05) is 11.0 Å². The summed E-state index contributed by atoms with van der Waals surface area (Å²) in [6, 6.07) is 13.6. The summed E-state index contributed by atoms with van der Waals surface area (Å²) in [6.45, 7) is 5.14. The number of benzene rings is 2. The Kier molecular flexibility index (Phi) is 7.18. The molecule has 5 heteroatoms. The van der Waals surface area contributed by atoms with Crippen molar-refractivity contribution in [2.24, 2.45) is 0 Å². The third kappa shape index (κ3) is 5.87. The second-order valence-electron chi connectivity index (χ2n) is 6.00. The third-order valence-corrected chi connectivity index (χ3v) is 4.49. The second kappa shape index (κ2) is 9.14. The molecule has 0 radical (unpaired) electrons. The highest BCUT2D eigenvalue weighted by molar-refractivity contribution is 9.10.